The van der Waals surface area contributed by atoms with Gasteiger partial charge in [-0.1, -0.05) is 0 Å². The molecule has 4 rings (SSSR count). The number of hydrogen-bond donors (Lipinski definition) is 0. The van der Waals surface area contributed by atoms with Crippen LogP contribution in [0.15, 0.2) is 0 Å². The van der Waals surface area contributed by atoms with E-state index in [1.165, 1.54) is 44.9 Å². The first-order valence-electron chi connectivity index (χ1n) is 6.49. The summed E-state index contributed by atoms with van der Waals surface area (Å²) in [6, 6.07) is 0. The van der Waals surface area contributed by atoms with Crippen LogP contribution in [-0.2, 0) is 17.4 Å². The summed E-state index contributed by atoms with van der Waals surface area (Å²) in [5.41, 5.74) is 0.606. The van der Waals surface area contributed by atoms with Crippen molar-refractivity contribution in [1.29, 1.82) is 0 Å². The van der Waals surface area contributed by atoms with Crippen molar-refractivity contribution in [2.75, 3.05) is 6.61 Å². The van der Waals surface area contributed by atoms with Gasteiger partial charge in [0.2, 0.25) is 0 Å². The SMILES string of the molecule is S=C([S-])OCCC12CC3CC(CC(C3)C1)C2.[K+]. The minimum Gasteiger partial charge on any atom is -0.513 e. The van der Waals surface area contributed by atoms with E-state index in [9.17, 15) is 0 Å². The molecule has 4 saturated carbocycles. The molecule has 4 bridgehead atoms. The minimum atomic E-state index is 0. The Morgan fingerprint density at radius 3 is 2.00 bits per heavy atom. The third-order valence-corrected chi connectivity index (χ3v) is 5.25. The van der Waals surface area contributed by atoms with Crippen molar-refractivity contribution in [2.24, 2.45) is 23.2 Å². The second-order valence-corrected chi connectivity index (χ2v) is 7.27. The van der Waals surface area contributed by atoms with E-state index in [4.69, 9.17) is 29.6 Å². The third kappa shape index (κ3) is 3.44. The van der Waals surface area contributed by atoms with Gasteiger partial charge in [-0.25, -0.2) is 0 Å². The van der Waals surface area contributed by atoms with Gasteiger partial charge < -0.3 is 29.6 Å². The summed E-state index contributed by atoms with van der Waals surface area (Å²) in [6.07, 6.45) is 10.1. The maximum Gasteiger partial charge on any atom is 1.00 e. The van der Waals surface area contributed by atoms with Crippen molar-refractivity contribution in [3.8, 4) is 0 Å². The Morgan fingerprint density at radius 2 is 1.59 bits per heavy atom. The largest absolute Gasteiger partial charge is 1.00 e. The van der Waals surface area contributed by atoms with Crippen LogP contribution in [0.5, 0.6) is 0 Å². The summed E-state index contributed by atoms with van der Waals surface area (Å²) in [5, 5.41) is 0. The maximum absolute atomic E-state index is 5.33. The normalized spacial score (nSPS) is 42.0. The van der Waals surface area contributed by atoms with Crippen LogP contribution >= 0.6 is 12.2 Å². The number of thiocarbonyl (C=S) groups is 1. The minimum absolute atomic E-state index is 0. The van der Waals surface area contributed by atoms with Crippen molar-refractivity contribution in [3.05, 3.63) is 0 Å². The van der Waals surface area contributed by atoms with Crippen LogP contribution in [0.1, 0.15) is 44.9 Å². The Balaban J connectivity index is 0.00000108. The van der Waals surface area contributed by atoms with E-state index in [2.05, 4.69) is 0 Å². The Hall–Kier alpha value is 1.75. The molecule has 0 radical (unpaired) electrons. The molecule has 0 saturated heterocycles. The number of hydrogen-bond acceptors (Lipinski definition) is 3. The van der Waals surface area contributed by atoms with Gasteiger partial charge in [-0.05, 0) is 68.1 Å². The van der Waals surface area contributed by atoms with Gasteiger partial charge in [-0.2, -0.15) is 0 Å². The van der Waals surface area contributed by atoms with E-state index in [0.29, 0.717) is 9.80 Å². The molecule has 0 heterocycles. The Morgan fingerprint density at radius 1 is 1.12 bits per heavy atom. The second-order valence-electron chi connectivity index (χ2n) is 6.27. The molecule has 0 amide bonds. The second kappa shape index (κ2) is 6.02. The van der Waals surface area contributed by atoms with Gasteiger partial charge >= 0.3 is 51.4 Å². The number of ether oxygens (including phenoxy) is 1. The van der Waals surface area contributed by atoms with Gasteiger partial charge in [0.15, 0.2) is 0 Å². The summed E-state index contributed by atoms with van der Waals surface area (Å²) < 4.78 is 5.62. The first-order valence-corrected chi connectivity index (χ1v) is 7.31. The molecular formula is C13H19KOS2. The molecule has 0 aromatic rings. The van der Waals surface area contributed by atoms with Crippen LogP contribution in [0, 0.1) is 23.2 Å². The molecule has 0 aliphatic heterocycles. The van der Waals surface area contributed by atoms with Gasteiger partial charge in [0.05, 0.1) is 6.61 Å². The molecule has 0 aromatic heterocycles. The van der Waals surface area contributed by atoms with Crippen molar-refractivity contribution in [1.82, 2.24) is 0 Å². The fourth-order valence-corrected chi connectivity index (χ4v) is 5.11. The standard InChI is InChI=1S/C13H20OS2.K/c15-12(16)14-2-1-13-6-9-3-10(7-13)5-11(4-9)8-13;/h9-11H,1-8H2,(H,15,16);/q;+1/p-1. The van der Waals surface area contributed by atoms with Crippen LogP contribution in [-0.4, -0.2) is 11.0 Å². The molecule has 1 nitrogen and oxygen atoms in total. The van der Waals surface area contributed by atoms with E-state index in [1.54, 1.807) is 0 Å². The molecule has 4 aliphatic rings. The zero-order chi connectivity index (χ0) is 11.2. The molecule has 17 heavy (non-hydrogen) atoms. The molecule has 0 aromatic carbocycles. The van der Waals surface area contributed by atoms with E-state index >= 15 is 0 Å². The fourth-order valence-electron chi connectivity index (χ4n) is 4.95. The van der Waals surface area contributed by atoms with Gasteiger partial charge in [0.25, 0.3) is 0 Å². The Bertz CT molecular complexity index is 271. The monoisotopic (exact) mass is 294 g/mol. The average molecular weight is 295 g/mol. The van der Waals surface area contributed by atoms with Crippen LogP contribution in [0.4, 0.5) is 0 Å². The van der Waals surface area contributed by atoms with Crippen molar-refractivity contribution >= 4 is 29.2 Å². The quantitative estimate of drug-likeness (QED) is 0.425. The predicted molar refractivity (Wildman–Crippen MR) is 71.1 cm³/mol. The molecule has 0 spiro atoms. The van der Waals surface area contributed by atoms with E-state index in [-0.39, 0.29) is 51.4 Å². The summed E-state index contributed by atoms with van der Waals surface area (Å²) in [5.74, 6) is 3.09. The van der Waals surface area contributed by atoms with Gasteiger partial charge in [0.1, 0.15) is 0 Å². The van der Waals surface area contributed by atoms with E-state index in [1.807, 2.05) is 0 Å². The molecule has 0 atom stereocenters. The maximum atomic E-state index is 5.33. The Kier molecular flexibility index (Phi) is 5.36. The molecule has 0 unspecified atom stereocenters. The van der Waals surface area contributed by atoms with Crippen molar-refractivity contribution < 1.29 is 56.1 Å². The molecule has 90 valence electrons. The predicted octanol–water partition coefficient (Wildman–Crippen LogP) is 0.445. The fraction of sp³-hybridized carbons (Fsp3) is 0.923. The molecule has 0 N–H and O–H groups in total. The smallest absolute Gasteiger partial charge is 0.513 e. The summed E-state index contributed by atoms with van der Waals surface area (Å²) in [7, 11) is 0. The van der Waals surface area contributed by atoms with Gasteiger partial charge in [-0.3, -0.25) is 0 Å². The average Bonchev–Trinajstić information content (AvgIpc) is 2.13. The van der Waals surface area contributed by atoms with Crippen LogP contribution in [0.3, 0.4) is 0 Å². The summed E-state index contributed by atoms with van der Waals surface area (Å²) in [6.45, 7) is 0.758. The van der Waals surface area contributed by atoms with Crippen LogP contribution < -0.4 is 51.4 Å². The molecule has 4 fully saturated rings. The topological polar surface area (TPSA) is 9.23 Å². The van der Waals surface area contributed by atoms with Gasteiger partial charge in [-0.15, -0.1) is 0 Å². The van der Waals surface area contributed by atoms with Gasteiger partial charge in [0, 0.05) is 4.38 Å². The van der Waals surface area contributed by atoms with E-state index < -0.39 is 0 Å². The Labute approximate surface area is 158 Å². The summed E-state index contributed by atoms with van der Waals surface area (Å²) in [4.78, 5) is 0. The van der Waals surface area contributed by atoms with Crippen molar-refractivity contribution in [2.45, 2.75) is 44.9 Å². The van der Waals surface area contributed by atoms with Crippen LogP contribution in [0.2, 0.25) is 0 Å². The zero-order valence-electron chi connectivity index (χ0n) is 10.6. The first kappa shape index (κ1) is 15.1. The van der Waals surface area contributed by atoms with Crippen LogP contribution in [0.25, 0.3) is 0 Å². The summed E-state index contributed by atoms with van der Waals surface area (Å²) >= 11 is 9.59. The molecule has 4 heteroatoms. The molecular weight excluding hydrogens is 275 g/mol. The zero-order valence-corrected chi connectivity index (χ0v) is 15.4. The number of rotatable bonds is 3. The molecule has 4 aliphatic carbocycles. The van der Waals surface area contributed by atoms with E-state index in [0.717, 1.165) is 24.4 Å². The first-order chi connectivity index (χ1) is 7.65. The third-order valence-electron chi connectivity index (χ3n) is 5.02. The van der Waals surface area contributed by atoms with Crippen molar-refractivity contribution in [3.63, 3.8) is 0 Å².